The Kier molecular flexibility index (Phi) is 9.57. The number of hydrogen-bond donors (Lipinski definition) is 1. The number of aryl methyl sites for hydroxylation is 1. The monoisotopic (exact) mass is 581 g/mol. The molecule has 0 atom stereocenters. The highest BCUT2D eigenvalue weighted by Gasteiger charge is 2.21. The van der Waals surface area contributed by atoms with Crippen LogP contribution in [0.4, 0.5) is 5.69 Å². The third-order valence-electron chi connectivity index (χ3n) is 6.63. The van der Waals surface area contributed by atoms with Gasteiger partial charge in [-0.2, -0.15) is 11.8 Å². The summed E-state index contributed by atoms with van der Waals surface area (Å²) in [7, 11) is 3.45. The summed E-state index contributed by atoms with van der Waals surface area (Å²) in [4.78, 5) is 5.14. The van der Waals surface area contributed by atoms with E-state index in [-0.39, 0.29) is 0 Å². The molecule has 4 aromatic rings. The molecule has 0 amide bonds. The Hall–Kier alpha value is -2.48. The number of rotatable bonds is 12. The fourth-order valence-electron chi connectivity index (χ4n) is 4.53. The number of para-hydroxylation sites is 1. The largest absolute Gasteiger partial charge is 0.494 e. The van der Waals surface area contributed by atoms with Gasteiger partial charge in [0.1, 0.15) is 22.6 Å². The van der Waals surface area contributed by atoms with E-state index in [4.69, 9.17) is 14.5 Å². The van der Waals surface area contributed by atoms with Crippen molar-refractivity contribution in [1.82, 2.24) is 9.55 Å². The molecule has 7 heteroatoms. The molecule has 0 saturated carbocycles. The highest BCUT2D eigenvalue weighted by atomic mass is 79.9. The van der Waals surface area contributed by atoms with Gasteiger partial charge in [-0.05, 0) is 69.1 Å². The van der Waals surface area contributed by atoms with Gasteiger partial charge in [0.2, 0.25) is 0 Å². The van der Waals surface area contributed by atoms with Gasteiger partial charge in [0.25, 0.3) is 0 Å². The van der Waals surface area contributed by atoms with E-state index in [0.29, 0.717) is 25.6 Å². The summed E-state index contributed by atoms with van der Waals surface area (Å²) >= 11 is 5.76. The van der Waals surface area contributed by atoms with Gasteiger partial charge in [-0.3, -0.25) is 0 Å². The number of halogens is 1. The summed E-state index contributed by atoms with van der Waals surface area (Å²) in [5, 5.41) is 3.65. The zero-order valence-electron chi connectivity index (χ0n) is 22.3. The standard InChI is InChI=1S/C30H36BrN3O2S/c1-20(2)21-10-12-23(13-11-21)30-33-28-27(31)24(18-26(36-4)29(28)34(30)15-16-35-3)19-32-25-9-7-6-8-22(25)14-17-37-5/h6-13,18,20,32H,14-17,19H2,1-5H3. The van der Waals surface area contributed by atoms with E-state index in [2.05, 4.69) is 101 Å². The average Bonchev–Trinajstić information content (AvgIpc) is 3.31. The van der Waals surface area contributed by atoms with Crippen LogP contribution in [-0.2, 0) is 24.2 Å². The van der Waals surface area contributed by atoms with Gasteiger partial charge in [0.15, 0.2) is 0 Å². The first-order valence-electron chi connectivity index (χ1n) is 12.6. The zero-order chi connectivity index (χ0) is 26.4. The molecule has 0 aliphatic heterocycles. The summed E-state index contributed by atoms with van der Waals surface area (Å²) in [5.74, 6) is 3.30. The lowest BCUT2D eigenvalue weighted by molar-refractivity contribution is 0.188. The fraction of sp³-hybridized carbons (Fsp3) is 0.367. The predicted octanol–water partition coefficient (Wildman–Crippen LogP) is 7.76. The van der Waals surface area contributed by atoms with Crippen LogP contribution < -0.4 is 10.1 Å². The van der Waals surface area contributed by atoms with Gasteiger partial charge in [-0.25, -0.2) is 4.98 Å². The van der Waals surface area contributed by atoms with Crippen molar-refractivity contribution in [3.63, 3.8) is 0 Å². The maximum absolute atomic E-state index is 5.92. The number of methoxy groups -OCH3 is 2. The van der Waals surface area contributed by atoms with Gasteiger partial charge < -0.3 is 19.4 Å². The quantitative estimate of drug-likeness (QED) is 0.185. The van der Waals surface area contributed by atoms with Crippen LogP contribution in [0.2, 0.25) is 0 Å². The first-order valence-corrected chi connectivity index (χ1v) is 14.8. The van der Waals surface area contributed by atoms with Crippen molar-refractivity contribution in [2.75, 3.05) is 38.2 Å². The lowest BCUT2D eigenvalue weighted by atomic mass is 10.0. The van der Waals surface area contributed by atoms with Crippen molar-refractivity contribution in [1.29, 1.82) is 0 Å². The zero-order valence-corrected chi connectivity index (χ0v) is 24.7. The second-order valence-corrected chi connectivity index (χ2v) is 11.1. The minimum Gasteiger partial charge on any atom is -0.494 e. The van der Waals surface area contributed by atoms with Crippen LogP contribution in [-0.4, -0.2) is 42.4 Å². The number of thioether (sulfide) groups is 1. The molecule has 3 aromatic carbocycles. The number of fused-ring (bicyclic) bond motifs is 1. The van der Waals surface area contributed by atoms with Crippen LogP contribution in [0.15, 0.2) is 59.1 Å². The minimum atomic E-state index is 0.483. The van der Waals surface area contributed by atoms with Crippen molar-refractivity contribution >= 4 is 44.4 Å². The molecule has 0 aliphatic carbocycles. The van der Waals surface area contributed by atoms with Gasteiger partial charge in [-0.15, -0.1) is 0 Å². The van der Waals surface area contributed by atoms with E-state index in [1.165, 1.54) is 16.8 Å². The van der Waals surface area contributed by atoms with Gasteiger partial charge in [-0.1, -0.05) is 56.3 Å². The van der Waals surface area contributed by atoms with Crippen molar-refractivity contribution in [2.24, 2.45) is 0 Å². The van der Waals surface area contributed by atoms with Crippen molar-refractivity contribution < 1.29 is 9.47 Å². The third kappa shape index (κ3) is 6.16. The number of hydrogen-bond acceptors (Lipinski definition) is 5. The third-order valence-corrected chi connectivity index (χ3v) is 8.13. The molecule has 4 rings (SSSR count). The number of ether oxygens (including phenoxy) is 2. The van der Waals surface area contributed by atoms with E-state index in [9.17, 15) is 0 Å². The Balaban J connectivity index is 1.76. The molecule has 37 heavy (non-hydrogen) atoms. The molecule has 1 N–H and O–H groups in total. The van der Waals surface area contributed by atoms with Crippen molar-refractivity contribution in [3.8, 4) is 17.1 Å². The molecule has 0 bridgehead atoms. The molecule has 0 radical (unpaired) electrons. The van der Waals surface area contributed by atoms with E-state index in [1.54, 1.807) is 14.2 Å². The molecule has 0 fully saturated rings. The Bertz CT molecular complexity index is 1340. The highest BCUT2D eigenvalue weighted by molar-refractivity contribution is 9.10. The summed E-state index contributed by atoms with van der Waals surface area (Å²) in [6, 6.07) is 19.4. The summed E-state index contributed by atoms with van der Waals surface area (Å²) in [6.07, 6.45) is 3.18. The van der Waals surface area contributed by atoms with E-state index < -0.39 is 0 Å². The number of imidazole rings is 1. The Labute approximate surface area is 233 Å². The summed E-state index contributed by atoms with van der Waals surface area (Å²) < 4.78 is 14.6. The second-order valence-electron chi connectivity index (χ2n) is 9.36. The number of aromatic nitrogens is 2. The average molecular weight is 583 g/mol. The normalized spacial score (nSPS) is 11.4. The van der Waals surface area contributed by atoms with Gasteiger partial charge in [0, 0.05) is 31.5 Å². The molecular weight excluding hydrogens is 546 g/mol. The smallest absolute Gasteiger partial charge is 0.145 e. The molecule has 1 heterocycles. The molecule has 0 unspecified atom stereocenters. The van der Waals surface area contributed by atoms with Gasteiger partial charge in [0.05, 0.1) is 18.2 Å². The van der Waals surface area contributed by atoms with E-state index >= 15 is 0 Å². The van der Waals surface area contributed by atoms with Crippen LogP contribution in [0.25, 0.3) is 22.4 Å². The second kappa shape index (κ2) is 12.9. The Morgan fingerprint density at radius 3 is 2.49 bits per heavy atom. The molecule has 0 aliphatic rings. The topological polar surface area (TPSA) is 48.3 Å². The van der Waals surface area contributed by atoms with Crippen molar-refractivity contribution in [3.05, 3.63) is 75.8 Å². The van der Waals surface area contributed by atoms with Crippen LogP contribution in [0.1, 0.15) is 36.5 Å². The van der Waals surface area contributed by atoms with Crippen LogP contribution >= 0.6 is 27.7 Å². The minimum absolute atomic E-state index is 0.483. The van der Waals surface area contributed by atoms with Gasteiger partial charge >= 0.3 is 0 Å². The molecule has 0 spiro atoms. The molecule has 5 nitrogen and oxygen atoms in total. The van der Waals surface area contributed by atoms with E-state index in [0.717, 1.165) is 50.4 Å². The number of nitrogens with zero attached hydrogens (tertiary/aromatic N) is 2. The first kappa shape index (κ1) is 27.6. The van der Waals surface area contributed by atoms with Crippen LogP contribution in [0.5, 0.6) is 5.75 Å². The van der Waals surface area contributed by atoms with Crippen molar-refractivity contribution in [2.45, 2.75) is 39.3 Å². The molecule has 0 saturated heterocycles. The van der Waals surface area contributed by atoms with E-state index in [1.807, 2.05) is 11.8 Å². The number of nitrogens with one attached hydrogen (secondary N) is 1. The Morgan fingerprint density at radius 1 is 1.05 bits per heavy atom. The maximum atomic E-state index is 5.92. The maximum Gasteiger partial charge on any atom is 0.145 e. The fourth-order valence-corrected chi connectivity index (χ4v) is 5.49. The Morgan fingerprint density at radius 2 is 1.81 bits per heavy atom. The summed E-state index contributed by atoms with van der Waals surface area (Å²) in [6.45, 7) is 6.34. The predicted molar refractivity (Wildman–Crippen MR) is 161 cm³/mol. The number of anilines is 1. The SMILES string of the molecule is COCCn1c(-c2ccc(C(C)C)cc2)nc2c(Br)c(CNc3ccccc3CCSC)cc(OC)c21. The number of benzene rings is 3. The highest BCUT2D eigenvalue weighted by Crippen LogP contribution is 2.38. The van der Waals surface area contributed by atoms with Crippen LogP contribution in [0.3, 0.4) is 0 Å². The summed E-state index contributed by atoms with van der Waals surface area (Å²) in [5.41, 5.74) is 7.85. The molecule has 196 valence electrons. The lowest BCUT2D eigenvalue weighted by Gasteiger charge is -2.15. The lowest BCUT2D eigenvalue weighted by Crippen LogP contribution is -2.08. The first-order chi connectivity index (χ1) is 18.0. The van der Waals surface area contributed by atoms with Crippen LogP contribution in [0, 0.1) is 0 Å². The molecule has 1 aromatic heterocycles. The molecular formula is C30H36BrN3O2S.